The summed E-state index contributed by atoms with van der Waals surface area (Å²) in [6.45, 7) is 3.06. The van der Waals surface area contributed by atoms with Crippen LogP contribution in [0.2, 0.25) is 0 Å². The molecular weight excluding hydrogens is 534 g/mol. The van der Waals surface area contributed by atoms with E-state index in [1.165, 1.54) is 22.7 Å². The second-order valence-electron chi connectivity index (χ2n) is 10.5. The third kappa shape index (κ3) is 3.93. The maximum atomic E-state index is 14.3. The molecule has 5 rings (SSSR count). The molecule has 40 heavy (non-hydrogen) atoms. The Morgan fingerprint density at radius 3 is 2.35 bits per heavy atom. The monoisotopic (exact) mass is 565 g/mol. The van der Waals surface area contributed by atoms with Crippen LogP contribution < -0.4 is 0 Å². The van der Waals surface area contributed by atoms with Crippen molar-refractivity contribution in [2.24, 2.45) is 11.8 Å². The second kappa shape index (κ2) is 10.2. The molecule has 0 bridgehead atoms. The number of carbonyl (C=O) groups is 3. The van der Waals surface area contributed by atoms with Gasteiger partial charge in [0.25, 0.3) is 0 Å². The van der Waals surface area contributed by atoms with E-state index in [0.29, 0.717) is 11.3 Å². The van der Waals surface area contributed by atoms with Gasteiger partial charge in [-0.25, -0.2) is 0 Å². The van der Waals surface area contributed by atoms with Gasteiger partial charge in [-0.15, -0.1) is 11.8 Å². The minimum Gasteiger partial charge on any atom is -0.508 e. The molecule has 6 atom stereocenters. The number of nitrogens with zero attached hydrogens (tertiary/aromatic N) is 1. The number of rotatable bonds is 6. The zero-order valence-corrected chi connectivity index (χ0v) is 23.1. The van der Waals surface area contributed by atoms with Gasteiger partial charge in [0.1, 0.15) is 22.8 Å². The summed E-state index contributed by atoms with van der Waals surface area (Å²) in [4.78, 5) is 42.7. The molecule has 5 N–H and O–H groups in total. The Morgan fingerprint density at radius 2 is 1.73 bits per heavy atom. The van der Waals surface area contributed by atoms with Crippen molar-refractivity contribution in [3.63, 3.8) is 0 Å². The normalized spacial score (nSPS) is 29.8. The maximum Gasteiger partial charge on any atom is 0.202 e. The number of aromatic hydroxyl groups is 1. The summed E-state index contributed by atoms with van der Waals surface area (Å²) in [5.74, 6) is -7.73. The summed E-state index contributed by atoms with van der Waals surface area (Å²) in [7, 11) is 1.57. The molecule has 1 saturated carbocycles. The largest absolute Gasteiger partial charge is 0.508 e. The van der Waals surface area contributed by atoms with Gasteiger partial charge in [-0.05, 0) is 44.3 Å². The number of phenols is 1. The first kappa shape index (κ1) is 28.1. The Morgan fingerprint density at radius 1 is 1.05 bits per heavy atom. The Balaban J connectivity index is 1.75. The Labute approximate surface area is 235 Å². The smallest absolute Gasteiger partial charge is 0.202 e. The van der Waals surface area contributed by atoms with E-state index in [4.69, 9.17) is 0 Å². The molecule has 4 unspecified atom stereocenters. The van der Waals surface area contributed by atoms with Crippen LogP contribution in [0.4, 0.5) is 0 Å². The van der Waals surface area contributed by atoms with Gasteiger partial charge >= 0.3 is 0 Å². The van der Waals surface area contributed by atoms with Crippen LogP contribution in [0.5, 0.6) is 5.75 Å². The minimum absolute atomic E-state index is 0.000570. The SMILES string of the molecule is CCN(C)[C@@H]1C(=O)C(C(C)=O)=C(O)[C@@]2(O)C(=O)C3=C(O)c4c(O)cccc4C(CSc4ccccc4)C3C(O)C12. The van der Waals surface area contributed by atoms with E-state index < -0.39 is 69.9 Å². The Kier molecular flexibility index (Phi) is 7.16. The van der Waals surface area contributed by atoms with Crippen LogP contribution in [0.25, 0.3) is 5.76 Å². The van der Waals surface area contributed by atoms with Gasteiger partial charge in [0.15, 0.2) is 17.2 Å². The summed E-state index contributed by atoms with van der Waals surface area (Å²) >= 11 is 1.45. The highest BCUT2D eigenvalue weighted by atomic mass is 32.2. The quantitative estimate of drug-likeness (QED) is 0.261. The van der Waals surface area contributed by atoms with E-state index in [2.05, 4.69) is 0 Å². The van der Waals surface area contributed by atoms with Crippen LogP contribution in [-0.2, 0) is 14.4 Å². The number of carbonyl (C=O) groups excluding carboxylic acids is 3. The van der Waals surface area contributed by atoms with E-state index in [0.717, 1.165) is 11.8 Å². The number of fused-ring (bicyclic) bond motifs is 3. The highest BCUT2D eigenvalue weighted by Gasteiger charge is 2.68. The molecule has 0 radical (unpaired) electrons. The fourth-order valence-corrected chi connectivity index (χ4v) is 7.62. The highest BCUT2D eigenvalue weighted by Crippen LogP contribution is 2.57. The second-order valence-corrected chi connectivity index (χ2v) is 11.6. The van der Waals surface area contributed by atoms with Gasteiger partial charge in [0, 0.05) is 28.1 Å². The average Bonchev–Trinajstić information content (AvgIpc) is 2.92. The van der Waals surface area contributed by atoms with Gasteiger partial charge in [-0.2, -0.15) is 0 Å². The van der Waals surface area contributed by atoms with E-state index in [9.17, 15) is 39.9 Å². The third-order valence-electron chi connectivity index (χ3n) is 8.49. The molecule has 10 heteroatoms. The van der Waals surface area contributed by atoms with E-state index in [1.807, 2.05) is 30.3 Å². The van der Waals surface area contributed by atoms with Crippen molar-refractivity contribution in [1.29, 1.82) is 0 Å². The minimum atomic E-state index is -2.86. The Bertz CT molecular complexity index is 1470. The van der Waals surface area contributed by atoms with E-state index >= 15 is 0 Å². The van der Waals surface area contributed by atoms with Crippen molar-refractivity contribution in [1.82, 2.24) is 4.90 Å². The lowest BCUT2D eigenvalue weighted by molar-refractivity contribution is -0.170. The molecule has 3 aliphatic rings. The number of aliphatic hydroxyl groups is 4. The van der Waals surface area contributed by atoms with Crippen LogP contribution in [-0.4, -0.2) is 84.9 Å². The molecule has 1 fully saturated rings. The van der Waals surface area contributed by atoms with E-state index in [-0.39, 0.29) is 23.4 Å². The summed E-state index contributed by atoms with van der Waals surface area (Å²) < 4.78 is 0. The first-order chi connectivity index (χ1) is 19.0. The number of phenolic OH excluding ortho intramolecular Hbond substituents is 1. The molecule has 0 heterocycles. The molecular formula is C30H31NO8S. The lowest BCUT2D eigenvalue weighted by atomic mass is 9.54. The lowest BCUT2D eigenvalue weighted by Crippen LogP contribution is -2.70. The summed E-state index contributed by atoms with van der Waals surface area (Å²) in [5.41, 5.74) is -3.43. The summed E-state index contributed by atoms with van der Waals surface area (Å²) in [6, 6.07) is 12.8. The maximum absolute atomic E-state index is 14.3. The predicted molar refractivity (Wildman–Crippen MR) is 148 cm³/mol. The molecule has 2 aromatic rings. The van der Waals surface area contributed by atoms with Crippen LogP contribution in [0, 0.1) is 11.8 Å². The number of thioether (sulfide) groups is 1. The topological polar surface area (TPSA) is 156 Å². The zero-order valence-electron chi connectivity index (χ0n) is 22.2. The van der Waals surface area contributed by atoms with Crippen LogP contribution in [0.3, 0.4) is 0 Å². The van der Waals surface area contributed by atoms with Crippen molar-refractivity contribution >= 4 is 34.9 Å². The molecule has 2 aromatic carbocycles. The number of Topliss-reactive ketones (excluding diaryl/α,β-unsaturated/α-hetero) is 3. The Hall–Kier alpha value is -3.44. The molecule has 210 valence electrons. The van der Waals surface area contributed by atoms with Gasteiger partial charge in [-0.1, -0.05) is 37.3 Å². The lowest BCUT2D eigenvalue weighted by Gasteiger charge is -2.54. The molecule has 0 aromatic heterocycles. The molecule has 0 aliphatic heterocycles. The van der Waals surface area contributed by atoms with Crippen molar-refractivity contribution in [3.8, 4) is 5.75 Å². The zero-order chi connectivity index (χ0) is 29.1. The number of benzene rings is 2. The van der Waals surface area contributed by atoms with Crippen molar-refractivity contribution in [2.75, 3.05) is 19.3 Å². The van der Waals surface area contributed by atoms with Crippen LogP contribution >= 0.6 is 11.8 Å². The fraction of sp³-hybridized carbons (Fsp3) is 0.367. The first-order valence-electron chi connectivity index (χ1n) is 13.0. The van der Waals surface area contributed by atoms with Gasteiger partial charge < -0.3 is 25.5 Å². The predicted octanol–water partition coefficient (Wildman–Crippen LogP) is 2.76. The number of ketones is 3. The van der Waals surface area contributed by atoms with Crippen LogP contribution in [0.15, 0.2) is 70.3 Å². The van der Waals surface area contributed by atoms with Gasteiger partial charge in [-0.3, -0.25) is 19.3 Å². The molecule has 9 nitrogen and oxygen atoms in total. The molecule has 0 spiro atoms. The number of aliphatic hydroxyl groups excluding tert-OH is 3. The molecule has 0 saturated heterocycles. The van der Waals surface area contributed by atoms with E-state index in [1.54, 1.807) is 26.1 Å². The number of likely N-dealkylation sites (N-methyl/N-ethyl adjacent to an activating group) is 1. The number of hydrogen-bond donors (Lipinski definition) is 5. The van der Waals surface area contributed by atoms with Crippen molar-refractivity contribution < 1.29 is 39.9 Å². The fourth-order valence-electron chi connectivity index (χ4n) is 6.51. The van der Waals surface area contributed by atoms with Crippen LogP contribution in [0.1, 0.15) is 30.9 Å². The molecule has 0 amide bonds. The van der Waals surface area contributed by atoms with Gasteiger partial charge in [0.05, 0.1) is 23.6 Å². The molecule has 3 aliphatic carbocycles. The highest BCUT2D eigenvalue weighted by molar-refractivity contribution is 7.99. The summed E-state index contributed by atoms with van der Waals surface area (Å²) in [5, 5.41) is 57.2. The summed E-state index contributed by atoms with van der Waals surface area (Å²) in [6.07, 6.45) is -1.60. The van der Waals surface area contributed by atoms with Crippen molar-refractivity contribution in [2.45, 2.75) is 42.4 Å². The van der Waals surface area contributed by atoms with Gasteiger partial charge in [0.2, 0.25) is 5.78 Å². The first-order valence-corrected chi connectivity index (χ1v) is 14.0. The van der Waals surface area contributed by atoms with Crippen molar-refractivity contribution in [3.05, 3.63) is 76.6 Å². The standard InChI is InChI=1S/C30H31NO8S/c1-4-31(3)24-23-26(35)21-17(13-40-15-9-6-5-7-10-15)16-11-8-12-18(33)20(16)25(34)22(21)29(38)30(23,39)28(37)19(14(2)32)27(24)36/h5-12,17,21,23-24,26,33-35,37,39H,4,13H2,1-3H3/t17?,21?,23?,24-,26?,30+/m0/s1. The average molecular weight is 566 g/mol. The third-order valence-corrected chi connectivity index (χ3v) is 9.62. The number of hydrogen-bond acceptors (Lipinski definition) is 10.